The van der Waals surface area contributed by atoms with Gasteiger partial charge in [-0.25, -0.2) is 4.39 Å². The van der Waals surface area contributed by atoms with Crippen molar-refractivity contribution in [3.8, 4) is 0 Å². The Bertz CT molecular complexity index is 312. The molecule has 64 valence electrons. The molecule has 0 bridgehead atoms. The standard InChI is InChI=1S/C9H11FN2/c1-5-3-8-9(4-7(5)10)12-6(2)11-8/h4,8H,3H2,1-2H3,(H,11,12). The van der Waals surface area contributed by atoms with Crippen LogP contribution in [-0.2, 0) is 0 Å². The van der Waals surface area contributed by atoms with Crippen LogP contribution < -0.4 is 5.32 Å². The normalized spacial score (nSPS) is 27.8. The molecule has 0 aromatic rings. The summed E-state index contributed by atoms with van der Waals surface area (Å²) in [7, 11) is 0. The van der Waals surface area contributed by atoms with E-state index in [-0.39, 0.29) is 11.9 Å². The minimum atomic E-state index is -0.112. The number of nitrogens with one attached hydrogen (secondary N) is 1. The molecule has 0 spiro atoms. The highest BCUT2D eigenvalue weighted by molar-refractivity contribution is 5.84. The van der Waals surface area contributed by atoms with Gasteiger partial charge >= 0.3 is 0 Å². The smallest absolute Gasteiger partial charge is 0.124 e. The first-order chi connectivity index (χ1) is 5.66. The molecule has 1 aliphatic heterocycles. The predicted molar refractivity (Wildman–Crippen MR) is 46.5 cm³/mol. The molecular formula is C9H11FN2. The molecule has 0 saturated heterocycles. The van der Waals surface area contributed by atoms with E-state index in [0.29, 0.717) is 6.42 Å². The van der Waals surface area contributed by atoms with Gasteiger partial charge in [0.15, 0.2) is 0 Å². The number of fused-ring (bicyclic) bond motifs is 1. The predicted octanol–water partition coefficient (Wildman–Crippen LogP) is 1.91. The van der Waals surface area contributed by atoms with Crippen LogP contribution in [0, 0.1) is 0 Å². The van der Waals surface area contributed by atoms with Gasteiger partial charge in [0.25, 0.3) is 0 Å². The lowest BCUT2D eigenvalue weighted by Gasteiger charge is -2.15. The van der Waals surface area contributed by atoms with Crippen molar-refractivity contribution in [2.75, 3.05) is 0 Å². The van der Waals surface area contributed by atoms with Gasteiger partial charge in [0, 0.05) is 5.70 Å². The molecule has 12 heavy (non-hydrogen) atoms. The molecule has 2 rings (SSSR count). The zero-order valence-electron chi connectivity index (χ0n) is 7.19. The van der Waals surface area contributed by atoms with Crippen molar-refractivity contribution in [1.29, 1.82) is 0 Å². The highest BCUT2D eigenvalue weighted by atomic mass is 19.1. The Morgan fingerprint density at radius 1 is 1.58 bits per heavy atom. The van der Waals surface area contributed by atoms with Crippen LogP contribution in [0.5, 0.6) is 0 Å². The maximum atomic E-state index is 13.1. The zero-order chi connectivity index (χ0) is 8.72. The van der Waals surface area contributed by atoms with E-state index in [0.717, 1.165) is 17.1 Å². The van der Waals surface area contributed by atoms with E-state index in [1.807, 2.05) is 13.8 Å². The molecule has 1 atom stereocenters. The maximum absolute atomic E-state index is 13.1. The highest BCUT2D eigenvalue weighted by Gasteiger charge is 2.25. The van der Waals surface area contributed by atoms with Crippen molar-refractivity contribution in [3.63, 3.8) is 0 Å². The Hall–Kier alpha value is -1.12. The zero-order valence-corrected chi connectivity index (χ0v) is 7.19. The number of rotatable bonds is 0. The third-order valence-corrected chi connectivity index (χ3v) is 2.22. The van der Waals surface area contributed by atoms with E-state index in [9.17, 15) is 4.39 Å². The fourth-order valence-electron chi connectivity index (χ4n) is 1.56. The van der Waals surface area contributed by atoms with E-state index in [1.165, 1.54) is 0 Å². The van der Waals surface area contributed by atoms with Gasteiger partial charge in [-0.2, -0.15) is 0 Å². The molecule has 1 aliphatic carbocycles. The molecule has 0 radical (unpaired) electrons. The summed E-state index contributed by atoms with van der Waals surface area (Å²) in [4.78, 5) is 4.33. The third kappa shape index (κ3) is 1.05. The monoisotopic (exact) mass is 166 g/mol. The van der Waals surface area contributed by atoms with Crippen molar-refractivity contribution < 1.29 is 4.39 Å². The van der Waals surface area contributed by atoms with E-state index < -0.39 is 0 Å². The first kappa shape index (κ1) is 7.53. The number of nitrogens with zero attached hydrogens (tertiary/aromatic N) is 1. The van der Waals surface area contributed by atoms with Crippen LogP contribution in [-0.4, -0.2) is 11.9 Å². The Kier molecular flexibility index (Phi) is 1.53. The molecule has 1 unspecified atom stereocenters. The number of allylic oxidation sites excluding steroid dienone is 2. The molecular weight excluding hydrogens is 155 g/mol. The minimum absolute atomic E-state index is 0.112. The van der Waals surface area contributed by atoms with Crippen molar-refractivity contribution in [1.82, 2.24) is 5.32 Å². The van der Waals surface area contributed by atoms with Gasteiger partial charge in [-0.05, 0) is 31.9 Å². The van der Waals surface area contributed by atoms with E-state index >= 15 is 0 Å². The lowest BCUT2D eigenvalue weighted by atomic mass is 9.99. The van der Waals surface area contributed by atoms with Crippen LogP contribution in [0.25, 0.3) is 0 Å². The average molecular weight is 166 g/mol. The number of halogens is 1. The molecule has 0 saturated carbocycles. The topological polar surface area (TPSA) is 24.4 Å². The first-order valence-electron chi connectivity index (χ1n) is 4.05. The summed E-state index contributed by atoms with van der Waals surface area (Å²) < 4.78 is 13.1. The van der Waals surface area contributed by atoms with Gasteiger partial charge < -0.3 is 5.32 Å². The van der Waals surface area contributed by atoms with E-state index in [2.05, 4.69) is 10.3 Å². The van der Waals surface area contributed by atoms with Gasteiger partial charge in [-0.15, -0.1) is 0 Å². The lowest BCUT2D eigenvalue weighted by molar-refractivity contribution is 0.611. The van der Waals surface area contributed by atoms with E-state index in [1.54, 1.807) is 6.08 Å². The van der Waals surface area contributed by atoms with Gasteiger partial charge in [0.2, 0.25) is 0 Å². The first-order valence-corrected chi connectivity index (χ1v) is 4.05. The highest BCUT2D eigenvalue weighted by Crippen LogP contribution is 2.28. The van der Waals surface area contributed by atoms with Crippen molar-refractivity contribution in [3.05, 3.63) is 23.2 Å². The quantitative estimate of drug-likeness (QED) is 0.584. The Morgan fingerprint density at radius 3 is 3.08 bits per heavy atom. The summed E-state index contributed by atoms with van der Waals surface area (Å²) in [6, 6.07) is 0.143. The Morgan fingerprint density at radius 2 is 2.33 bits per heavy atom. The fourth-order valence-corrected chi connectivity index (χ4v) is 1.56. The van der Waals surface area contributed by atoms with Gasteiger partial charge in [-0.3, -0.25) is 4.99 Å². The molecule has 2 aliphatic rings. The van der Waals surface area contributed by atoms with Gasteiger partial charge in [0.1, 0.15) is 5.83 Å². The van der Waals surface area contributed by atoms with Crippen LogP contribution in [0.3, 0.4) is 0 Å². The maximum Gasteiger partial charge on any atom is 0.124 e. The van der Waals surface area contributed by atoms with E-state index in [4.69, 9.17) is 0 Å². The van der Waals surface area contributed by atoms with Gasteiger partial charge in [0.05, 0.1) is 11.9 Å². The van der Waals surface area contributed by atoms with Crippen molar-refractivity contribution in [2.45, 2.75) is 26.3 Å². The lowest BCUT2D eigenvalue weighted by Crippen LogP contribution is -2.19. The molecule has 1 heterocycles. The molecule has 3 heteroatoms. The third-order valence-electron chi connectivity index (χ3n) is 2.22. The Labute approximate surface area is 70.9 Å². The Balaban J connectivity index is 2.32. The summed E-state index contributed by atoms with van der Waals surface area (Å²) in [5, 5.41) is 3.04. The second-order valence-corrected chi connectivity index (χ2v) is 3.29. The number of amidine groups is 1. The van der Waals surface area contributed by atoms with Crippen molar-refractivity contribution in [2.24, 2.45) is 4.99 Å². The SMILES string of the molecule is CC1=NC2CC(C)=C(F)C=C2N1. The summed E-state index contributed by atoms with van der Waals surface area (Å²) in [5.74, 6) is 0.771. The van der Waals surface area contributed by atoms with Crippen LogP contribution in [0.15, 0.2) is 28.2 Å². The summed E-state index contributed by atoms with van der Waals surface area (Å²) >= 11 is 0. The van der Waals surface area contributed by atoms with Crippen LogP contribution in [0.4, 0.5) is 4.39 Å². The van der Waals surface area contributed by atoms with Crippen LogP contribution >= 0.6 is 0 Å². The number of hydrogen-bond acceptors (Lipinski definition) is 2. The minimum Gasteiger partial charge on any atom is -0.346 e. The second kappa shape index (κ2) is 2.44. The summed E-state index contributed by atoms with van der Waals surface area (Å²) in [5.41, 5.74) is 1.69. The van der Waals surface area contributed by atoms with Crippen LogP contribution in [0.1, 0.15) is 20.3 Å². The second-order valence-electron chi connectivity index (χ2n) is 3.29. The molecule has 0 amide bonds. The summed E-state index contributed by atoms with van der Waals surface area (Å²) in [6.07, 6.45) is 2.26. The molecule has 0 aromatic carbocycles. The average Bonchev–Trinajstić information content (AvgIpc) is 2.30. The van der Waals surface area contributed by atoms with Crippen molar-refractivity contribution >= 4 is 5.84 Å². The largest absolute Gasteiger partial charge is 0.346 e. The molecule has 0 fully saturated rings. The molecule has 1 N–H and O–H groups in total. The van der Waals surface area contributed by atoms with Gasteiger partial charge in [-0.1, -0.05) is 0 Å². The summed E-state index contributed by atoms with van der Waals surface area (Å²) in [6.45, 7) is 3.71. The van der Waals surface area contributed by atoms with Crippen LogP contribution in [0.2, 0.25) is 0 Å². The fraction of sp³-hybridized carbons (Fsp3) is 0.444. The number of aliphatic imine (C=N–C) groups is 1. The molecule has 0 aromatic heterocycles. The number of hydrogen-bond donors (Lipinski definition) is 1. The molecule has 2 nitrogen and oxygen atoms in total.